The third-order valence-corrected chi connectivity index (χ3v) is 4.90. The molecule has 1 aliphatic rings. The summed E-state index contributed by atoms with van der Waals surface area (Å²) in [7, 11) is 0. The van der Waals surface area contributed by atoms with Crippen LogP contribution in [0.5, 0.6) is 0 Å². The van der Waals surface area contributed by atoms with E-state index >= 15 is 0 Å². The SMILES string of the molecule is CCC(CC)(CN)C(=O)NC1(CC(=O)O)CCCCC1. The highest BCUT2D eigenvalue weighted by molar-refractivity contribution is 5.84. The number of carbonyl (C=O) groups is 2. The average molecular weight is 284 g/mol. The second-order valence-electron chi connectivity index (χ2n) is 6.06. The predicted molar refractivity (Wildman–Crippen MR) is 78.3 cm³/mol. The van der Waals surface area contributed by atoms with E-state index < -0.39 is 16.9 Å². The molecule has 1 rings (SSSR count). The fourth-order valence-corrected chi connectivity index (χ4v) is 3.19. The molecule has 0 aromatic carbocycles. The van der Waals surface area contributed by atoms with Gasteiger partial charge in [-0.05, 0) is 25.7 Å². The topological polar surface area (TPSA) is 92.4 Å². The third-order valence-electron chi connectivity index (χ3n) is 4.90. The Balaban J connectivity index is 2.88. The number of aliphatic carboxylic acids is 1. The van der Waals surface area contributed by atoms with Crippen molar-refractivity contribution >= 4 is 11.9 Å². The molecule has 5 heteroatoms. The van der Waals surface area contributed by atoms with E-state index in [-0.39, 0.29) is 12.3 Å². The molecule has 0 bridgehead atoms. The van der Waals surface area contributed by atoms with Crippen LogP contribution in [0.3, 0.4) is 0 Å². The lowest BCUT2D eigenvalue weighted by molar-refractivity contribution is -0.141. The van der Waals surface area contributed by atoms with Crippen LogP contribution in [0.25, 0.3) is 0 Å². The van der Waals surface area contributed by atoms with Gasteiger partial charge in [0.2, 0.25) is 5.91 Å². The molecule has 1 amide bonds. The van der Waals surface area contributed by atoms with Gasteiger partial charge in [-0.25, -0.2) is 0 Å². The van der Waals surface area contributed by atoms with E-state index in [0.29, 0.717) is 19.4 Å². The van der Waals surface area contributed by atoms with E-state index in [0.717, 1.165) is 32.1 Å². The van der Waals surface area contributed by atoms with Gasteiger partial charge in [0.05, 0.1) is 17.4 Å². The normalized spacial score (nSPS) is 18.6. The van der Waals surface area contributed by atoms with Crippen molar-refractivity contribution < 1.29 is 14.7 Å². The highest BCUT2D eigenvalue weighted by Crippen LogP contribution is 2.34. The summed E-state index contributed by atoms with van der Waals surface area (Å²) in [6.07, 6.45) is 5.92. The average Bonchev–Trinajstić information content (AvgIpc) is 2.41. The van der Waals surface area contributed by atoms with Gasteiger partial charge in [-0.1, -0.05) is 33.1 Å². The number of nitrogens with two attached hydrogens (primary N) is 1. The van der Waals surface area contributed by atoms with Crippen LogP contribution < -0.4 is 11.1 Å². The second-order valence-corrected chi connectivity index (χ2v) is 6.06. The summed E-state index contributed by atoms with van der Waals surface area (Å²) < 4.78 is 0. The molecule has 0 spiro atoms. The first kappa shape index (κ1) is 17.0. The fourth-order valence-electron chi connectivity index (χ4n) is 3.19. The zero-order chi connectivity index (χ0) is 15.2. The molecule has 20 heavy (non-hydrogen) atoms. The van der Waals surface area contributed by atoms with Gasteiger partial charge in [0.25, 0.3) is 0 Å². The third kappa shape index (κ3) is 3.72. The summed E-state index contributed by atoms with van der Waals surface area (Å²) in [5, 5.41) is 12.2. The van der Waals surface area contributed by atoms with Crippen LogP contribution in [0.4, 0.5) is 0 Å². The Morgan fingerprint density at radius 1 is 1.20 bits per heavy atom. The van der Waals surface area contributed by atoms with Crippen LogP contribution in [0.15, 0.2) is 0 Å². The van der Waals surface area contributed by atoms with Crippen molar-refractivity contribution in [2.75, 3.05) is 6.54 Å². The molecular formula is C15H28N2O3. The smallest absolute Gasteiger partial charge is 0.305 e. The molecule has 5 nitrogen and oxygen atoms in total. The second kappa shape index (κ2) is 7.07. The van der Waals surface area contributed by atoms with Crippen molar-refractivity contribution in [1.29, 1.82) is 0 Å². The number of hydrogen-bond donors (Lipinski definition) is 3. The maximum Gasteiger partial charge on any atom is 0.305 e. The predicted octanol–water partition coefficient (Wildman–Crippen LogP) is 2.05. The summed E-state index contributed by atoms with van der Waals surface area (Å²) in [6, 6.07) is 0. The molecule has 0 aliphatic heterocycles. The van der Waals surface area contributed by atoms with E-state index in [1.54, 1.807) is 0 Å². The molecule has 0 aromatic heterocycles. The molecule has 1 aliphatic carbocycles. The monoisotopic (exact) mass is 284 g/mol. The molecule has 0 atom stereocenters. The first-order valence-electron chi connectivity index (χ1n) is 7.68. The van der Waals surface area contributed by atoms with E-state index in [9.17, 15) is 9.59 Å². The van der Waals surface area contributed by atoms with Crippen molar-refractivity contribution in [2.24, 2.45) is 11.1 Å². The molecule has 0 aromatic rings. The standard InChI is InChI=1S/C15H28N2O3/c1-3-14(4-2,11-16)13(20)17-15(10-12(18)19)8-6-5-7-9-15/h3-11,16H2,1-2H3,(H,17,20)(H,18,19). The number of carbonyl (C=O) groups excluding carboxylic acids is 1. The quantitative estimate of drug-likeness (QED) is 0.667. The van der Waals surface area contributed by atoms with E-state index in [1.165, 1.54) is 0 Å². The summed E-state index contributed by atoms with van der Waals surface area (Å²) in [6.45, 7) is 4.22. The number of carboxylic acid groups (broad SMARTS) is 1. The lowest BCUT2D eigenvalue weighted by Crippen LogP contribution is -2.57. The van der Waals surface area contributed by atoms with Gasteiger partial charge in [-0.3, -0.25) is 9.59 Å². The van der Waals surface area contributed by atoms with Gasteiger partial charge in [0, 0.05) is 6.54 Å². The highest BCUT2D eigenvalue weighted by atomic mass is 16.4. The molecule has 4 N–H and O–H groups in total. The van der Waals surface area contributed by atoms with E-state index in [2.05, 4.69) is 5.32 Å². The van der Waals surface area contributed by atoms with Gasteiger partial charge in [0.1, 0.15) is 0 Å². The van der Waals surface area contributed by atoms with Crippen LogP contribution in [0.1, 0.15) is 65.2 Å². The maximum absolute atomic E-state index is 12.6. The van der Waals surface area contributed by atoms with Crippen molar-refractivity contribution in [3.05, 3.63) is 0 Å². The summed E-state index contributed by atoms with van der Waals surface area (Å²) >= 11 is 0. The number of nitrogens with one attached hydrogen (secondary N) is 1. The Hall–Kier alpha value is -1.10. The minimum atomic E-state index is -0.849. The molecule has 116 valence electrons. The molecule has 0 radical (unpaired) electrons. The number of amides is 1. The summed E-state index contributed by atoms with van der Waals surface area (Å²) in [5.74, 6) is -0.924. The minimum absolute atomic E-state index is 0.00677. The fraction of sp³-hybridized carbons (Fsp3) is 0.867. The number of hydrogen-bond acceptors (Lipinski definition) is 3. The largest absolute Gasteiger partial charge is 0.481 e. The Bertz CT molecular complexity index is 337. The van der Waals surface area contributed by atoms with Crippen LogP contribution in [0, 0.1) is 5.41 Å². The lowest BCUT2D eigenvalue weighted by Gasteiger charge is -2.40. The van der Waals surface area contributed by atoms with Crippen molar-refractivity contribution in [3.8, 4) is 0 Å². The van der Waals surface area contributed by atoms with Gasteiger partial charge < -0.3 is 16.2 Å². The molecule has 0 unspecified atom stereocenters. The number of rotatable bonds is 7. The van der Waals surface area contributed by atoms with Crippen LogP contribution in [-0.4, -0.2) is 29.1 Å². The Labute approximate surface area is 121 Å². The van der Waals surface area contributed by atoms with Crippen LogP contribution in [0.2, 0.25) is 0 Å². The molecule has 0 heterocycles. The first-order chi connectivity index (χ1) is 9.43. The highest BCUT2D eigenvalue weighted by Gasteiger charge is 2.41. The minimum Gasteiger partial charge on any atom is -0.481 e. The van der Waals surface area contributed by atoms with Crippen molar-refractivity contribution in [3.63, 3.8) is 0 Å². The van der Waals surface area contributed by atoms with Gasteiger partial charge in [0.15, 0.2) is 0 Å². The van der Waals surface area contributed by atoms with E-state index in [4.69, 9.17) is 10.8 Å². The zero-order valence-electron chi connectivity index (χ0n) is 12.7. The molecular weight excluding hydrogens is 256 g/mol. The zero-order valence-corrected chi connectivity index (χ0v) is 12.7. The molecule has 1 fully saturated rings. The molecule has 1 saturated carbocycles. The summed E-state index contributed by atoms with van der Waals surface area (Å²) in [4.78, 5) is 23.8. The van der Waals surface area contributed by atoms with Crippen LogP contribution >= 0.6 is 0 Å². The Morgan fingerprint density at radius 3 is 2.15 bits per heavy atom. The van der Waals surface area contributed by atoms with Gasteiger partial charge >= 0.3 is 5.97 Å². The van der Waals surface area contributed by atoms with Gasteiger partial charge in [-0.15, -0.1) is 0 Å². The number of carboxylic acids is 1. The Morgan fingerprint density at radius 2 is 1.75 bits per heavy atom. The van der Waals surface area contributed by atoms with Crippen molar-refractivity contribution in [1.82, 2.24) is 5.32 Å². The van der Waals surface area contributed by atoms with Gasteiger partial charge in [-0.2, -0.15) is 0 Å². The molecule has 0 saturated heterocycles. The van der Waals surface area contributed by atoms with E-state index in [1.807, 2.05) is 13.8 Å². The lowest BCUT2D eigenvalue weighted by atomic mass is 9.76. The maximum atomic E-state index is 12.6. The summed E-state index contributed by atoms with van der Waals surface area (Å²) in [5.41, 5.74) is 4.66. The van der Waals surface area contributed by atoms with Crippen LogP contribution in [-0.2, 0) is 9.59 Å². The van der Waals surface area contributed by atoms with Crippen molar-refractivity contribution in [2.45, 2.75) is 70.8 Å². The first-order valence-corrected chi connectivity index (χ1v) is 7.68. The Kier molecular flexibility index (Phi) is 5.99.